The molecule has 1 saturated heterocycles. The molecule has 1 fully saturated rings. The number of hydrogen-bond donors (Lipinski definition) is 2. The van der Waals surface area contributed by atoms with Gasteiger partial charge in [-0.15, -0.1) is 0 Å². The number of aromatic hydroxyl groups is 1. The molecular formula is C28H28N2O6. The molecule has 8 heteroatoms. The van der Waals surface area contributed by atoms with Gasteiger partial charge in [-0.2, -0.15) is 0 Å². The SMILES string of the molecule is COc1cc([C@H]2/C(=C(\O)c3ccc(OCC(C)C)cc3)C(=O)C(=O)N2Cc2cccnc2)ccc1O. The number of pyridine rings is 1. The largest absolute Gasteiger partial charge is 0.507 e. The molecule has 0 bridgehead atoms. The minimum Gasteiger partial charge on any atom is -0.507 e. The monoisotopic (exact) mass is 488 g/mol. The number of methoxy groups -OCH3 is 1. The normalized spacial score (nSPS) is 17.0. The maximum Gasteiger partial charge on any atom is 0.295 e. The van der Waals surface area contributed by atoms with E-state index in [9.17, 15) is 19.8 Å². The van der Waals surface area contributed by atoms with Crippen molar-refractivity contribution in [3.05, 3.63) is 89.3 Å². The van der Waals surface area contributed by atoms with Crippen LogP contribution in [0, 0.1) is 5.92 Å². The molecule has 0 spiro atoms. The fraction of sp³-hybridized carbons (Fsp3) is 0.250. The van der Waals surface area contributed by atoms with Crippen LogP contribution in [0.4, 0.5) is 0 Å². The lowest BCUT2D eigenvalue weighted by Crippen LogP contribution is -2.29. The van der Waals surface area contributed by atoms with Crippen molar-refractivity contribution in [1.29, 1.82) is 0 Å². The van der Waals surface area contributed by atoms with Gasteiger partial charge in [0.15, 0.2) is 11.5 Å². The Bertz CT molecular complexity index is 1290. The Hall–Kier alpha value is -4.33. The van der Waals surface area contributed by atoms with Crippen LogP contribution in [0.25, 0.3) is 5.76 Å². The maximum atomic E-state index is 13.2. The number of likely N-dealkylation sites (tertiary alicyclic amines) is 1. The number of amides is 1. The van der Waals surface area contributed by atoms with Crippen LogP contribution < -0.4 is 9.47 Å². The highest BCUT2D eigenvalue weighted by Crippen LogP contribution is 2.42. The van der Waals surface area contributed by atoms with Crippen LogP contribution in [0.1, 0.15) is 36.6 Å². The van der Waals surface area contributed by atoms with E-state index in [1.54, 1.807) is 60.9 Å². The Labute approximate surface area is 209 Å². The van der Waals surface area contributed by atoms with Crippen molar-refractivity contribution in [2.45, 2.75) is 26.4 Å². The molecule has 2 heterocycles. The Balaban J connectivity index is 1.79. The number of nitrogens with zero attached hydrogens (tertiary/aromatic N) is 2. The number of phenols is 1. The summed E-state index contributed by atoms with van der Waals surface area (Å²) in [5.74, 6) is -0.737. The van der Waals surface area contributed by atoms with Gasteiger partial charge in [0.05, 0.1) is 25.3 Å². The third kappa shape index (κ3) is 5.02. The maximum absolute atomic E-state index is 13.2. The van der Waals surface area contributed by atoms with Crippen molar-refractivity contribution < 1.29 is 29.3 Å². The molecule has 1 aliphatic rings. The predicted octanol–water partition coefficient (Wildman–Crippen LogP) is 4.45. The number of rotatable bonds is 8. The molecule has 0 aliphatic carbocycles. The Kier molecular flexibility index (Phi) is 7.24. The summed E-state index contributed by atoms with van der Waals surface area (Å²) >= 11 is 0. The molecule has 1 aromatic heterocycles. The summed E-state index contributed by atoms with van der Waals surface area (Å²) < 4.78 is 11.0. The van der Waals surface area contributed by atoms with Crippen molar-refractivity contribution in [3.8, 4) is 17.2 Å². The zero-order chi connectivity index (χ0) is 25.8. The molecule has 0 radical (unpaired) electrons. The fourth-order valence-electron chi connectivity index (χ4n) is 4.07. The molecule has 2 aromatic carbocycles. The second-order valence-electron chi connectivity index (χ2n) is 8.95. The van der Waals surface area contributed by atoms with E-state index in [0.29, 0.717) is 29.4 Å². The number of aromatic nitrogens is 1. The number of aliphatic hydroxyl groups is 1. The summed E-state index contributed by atoms with van der Waals surface area (Å²) in [6, 6.07) is 13.9. The van der Waals surface area contributed by atoms with E-state index in [1.165, 1.54) is 18.1 Å². The van der Waals surface area contributed by atoms with Crippen LogP contribution in [-0.4, -0.2) is 45.5 Å². The van der Waals surface area contributed by atoms with Gasteiger partial charge in [-0.25, -0.2) is 0 Å². The molecular weight excluding hydrogens is 460 g/mol. The summed E-state index contributed by atoms with van der Waals surface area (Å²) in [6.45, 7) is 4.74. The Morgan fingerprint density at radius 1 is 1.11 bits per heavy atom. The van der Waals surface area contributed by atoms with E-state index >= 15 is 0 Å². The third-order valence-corrected chi connectivity index (χ3v) is 5.85. The highest BCUT2D eigenvalue weighted by Gasteiger charge is 2.46. The summed E-state index contributed by atoms with van der Waals surface area (Å²) in [4.78, 5) is 31.9. The summed E-state index contributed by atoms with van der Waals surface area (Å²) in [7, 11) is 1.41. The molecule has 1 aliphatic heterocycles. The van der Waals surface area contributed by atoms with Gasteiger partial charge in [0, 0.05) is 24.5 Å². The first-order chi connectivity index (χ1) is 17.3. The van der Waals surface area contributed by atoms with E-state index in [0.717, 1.165) is 5.56 Å². The summed E-state index contributed by atoms with van der Waals surface area (Å²) in [6.07, 6.45) is 3.23. The predicted molar refractivity (Wildman–Crippen MR) is 134 cm³/mol. The first-order valence-corrected chi connectivity index (χ1v) is 11.6. The van der Waals surface area contributed by atoms with Gasteiger partial charge in [0.1, 0.15) is 11.5 Å². The van der Waals surface area contributed by atoms with Crippen LogP contribution in [0.3, 0.4) is 0 Å². The first-order valence-electron chi connectivity index (χ1n) is 11.6. The molecule has 0 unspecified atom stereocenters. The molecule has 1 amide bonds. The van der Waals surface area contributed by atoms with E-state index in [4.69, 9.17) is 9.47 Å². The van der Waals surface area contributed by atoms with Crippen molar-refractivity contribution >= 4 is 17.4 Å². The van der Waals surface area contributed by atoms with Crippen molar-refractivity contribution in [1.82, 2.24) is 9.88 Å². The Morgan fingerprint density at radius 3 is 2.50 bits per heavy atom. The summed E-state index contributed by atoms with van der Waals surface area (Å²) in [5, 5.41) is 21.3. The molecule has 4 rings (SSSR count). The van der Waals surface area contributed by atoms with Crippen LogP contribution in [0.5, 0.6) is 17.2 Å². The number of benzene rings is 2. The number of ether oxygens (including phenoxy) is 2. The van der Waals surface area contributed by atoms with Crippen LogP contribution in [0.15, 0.2) is 72.6 Å². The second kappa shape index (κ2) is 10.5. The average molecular weight is 489 g/mol. The number of carbonyl (C=O) groups is 2. The van der Waals surface area contributed by atoms with Gasteiger partial charge >= 0.3 is 0 Å². The number of carbonyl (C=O) groups excluding carboxylic acids is 2. The Morgan fingerprint density at radius 2 is 1.86 bits per heavy atom. The highest BCUT2D eigenvalue weighted by atomic mass is 16.5. The molecule has 36 heavy (non-hydrogen) atoms. The third-order valence-electron chi connectivity index (χ3n) is 5.85. The first kappa shape index (κ1) is 24.8. The molecule has 186 valence electrons. The smallest absolute Gasteiger partial charge is 0.295 e. The lowest BCUT2D eigenvalue weighted by molar-refractivity contribution is -0.140. The van der Waals surface area contributed by atoms with Crippen molar-refractivity contribution in [2.75, 3.05) is 13.7 Å². The highest BCUT2D eigenvalue weighted by molar-refractivity contribution is 6.46. The van der Waals surface area contributed by atoms with Crippen molar-refractivity contribution in [3.63, 3.8) is 0 Å². The van der Waals surface area contributed by atoms with Gasteiger partial charge < -0.3 is 24.6 Å². The van der Waals surface area contributed by atoms with Crippen LogP contribution in [0.2, 0.25) is 0 Å². The van der Waals surface area contributed by atoms with Crippen LogP contribution in [-0.2, 0) is 16.1 Å². The van der Waals surface area contributed by atoms with E-state index in [2.05, 4.69) is 4.98 Å². The second-order valence-corrected chi connectivity index (χ2v) is 8.95. The zero-order valence-electron chi connectivity index (χ0n) is 20.3. The number of ketones is 1. The minimum atomic E-state index is -0.906. The minimum absolute atomic E-state index is 0.0486. The average Bonchev–Trinajstić information content (AvgIpc) is 3.13. The standard InChI is InChI=1S/C28H28N2O6/c1-17(2)16-36-21-9-6-19(7-10-21)26(32)24-25(20-8-11-22(31)23(13-20)35-3)30(28(34)27(24)33)15-18-5-4-12-29-14-18/h4-14,17,25,31-32H,15-16H2,1-3H3/b26-24+/t25-/m0/s1. The zero-order valence-corrected chi connectivity index (χ0v) is 20.3. The van der Waals surface area contributed by atoms with Gasteiger partial charge in [-0.3, -0.25) is 14.6 Å². The van der Waals surface area contributed by atoms with Gasteiger partial charge in [-0.05, 0) is 59.5 Å². The summed E-state index contributed by atoms with van der Waals surface area (Å²) in [5.41, 5.74) is 1.56. The van der Waals surface area contributed by atoms with Gasteiger partial charge in [0.2, 0.25) is 0 Å². The quantitative estimate of drug-likeness (QED) is 0.274. The topological polar surface area (TPSA) is 109 Å². The van der Waals surface area contributed by atoms with E-state index in [-0.39, 0.29) is 29.4 Å². The lowest BCUT2D eigenvalue weighted by atomic mass is 9.95. The molecule has 1 atom stereocenters. The van der Waals surface area contributed by atoms with E-state index in [1.807, 2.05) is 13.8 Å². The number of hydrogen-bond acceptors (Lipinski definition) is 7. The fourth-order valence-corrected chi connectivity index (χ4v) is 4.07. The molecule has 0 saturated carbocycles. The number of Topliss-reactive ketones (excluding diaryl/α,β-unsaturated/α-hetero) is 1. The van der Waals surface area contributed by atoms with E-state index < -0.39 is 17.7 Å². The number of aliphatic hydroxyl groups excluding tert-OH is 1. The molecule has 3 aromatic rings. The van der Waals surface area contributed by atoms with Gasteiger partial charge in [0.25, 0.3) is 11.7 Å². The lowest BCUT2D eigenvalue weighted by Gasteiger charge is -2.25. The number of phenolic OH excluding ortho intramolecular Hbond substituents is 1. The van der Waals surface area contributed by atoms with Crippen LogP contribution >= 0.6 is 0 Å². The molecule has 2 N–H and O–H groups in total. The van der Waals surface area contributed by atoms with Gasteiger partial charge in [-0.1, -0.05) is 26.0 Å². The molecule has 8 nitrogen and oxygen atoms in total. The van der Waals surface area contributed by atoms with Crippen molar-refractivity contribution in [2.24, 2.45) is 5.92 Å².